The predicted molar refractivity (Wildman–Crippen MR) is 126 cm³/mol. The fraction of sp³-hybridized carbons (Fsp3) is 0.375. The summed E-state index contributed by atoms with van der Waals surface area (Å²) in [5.74, 6) is 0. The molecule has 1 aliphatic carbocycles. The van der Waals surface area contributed by atoms with Gasteiger partial charge in [0.25, 0.3) is 0 Å². The van der Waals surface area contributed by atoms with E-state index in [4.69, 9.17) is 9.84 Å². The second kappa shape index (κ2) is 7.85. The van der Waals surface area contributed by atoms with E-state index in [1.807, 2.05) is 60.7 Å². The summed E-state index contributed by atoms with van der Waals surface area (Å²) in [5.41, 5.74) is 3.82. The molecule has 0 saturated carbocycles. The van der Waals surface area contributed by atoms with Crippen LogP contribution < -0.4 is 9.87 Å². The Hall–Kier alpha value is -2.56. The van der Waals surface area contributed by atoms with Gasteiger partial charge in [0, 0.05) is 24.5 Å². The van der Waals surface area contributed by atoms with Gasteiger partial charge in [0.15, 0.2) is 0 Å². The van der Waals surface area contributed by atoms with Gasteiger partial charge in [-0.05, 0) is 42.5 Å². The molecule has 5 rings (SSSR count). The lowest BCUT2D eigenvalue weighted by molar-refractivity contribution is 0.0489. The molecule has 1 saturated heterocycles. The van der Waals surface area contributed by atoms with Gasteiger partial charge >= 0.3 is 7.44 Å². The topological polar surface area (TPSA) is 57.2 Å². The van der Waals surface area contributed by atoms with E-state index in [2.05, 4.69) is 23.8 Å². The molecule has 2 aromatic rings. The van der Waals surface area contributed by atoms with Crippen molar-refractivity contribution in [2.75, 3.05) is 36.2 Å². The van der Waals surface area contributed by atoms with E-state index in [0.29, 0.717) is 13.2 Å². The summed E-state index contributed by atoms with van der Waals surface area (Å²) in [6.45, 7) is 7.57. The summed E-state index contributed by atoms with van der Waals surface area (Å²) < 4.78 is 22.3. The van der Waals surface area contributed by atoms with Crippen molar-refractivity contribution in [2.45, 2.75) is 26.7 Å². The van der Waals surface area contributed by atoms with Crippen LogP contribution in [0.25, 0.3) is 0 Å². The second-order valence-corrected chi connectivity index (χ2v) is 11.3. The second-order valence-electron chi connectivity index (χ2n) is 9.14. The zero-order valence-electron chi connectivity index (χ0n) is 18.1. The minimum Gasteiger partial charge on any atom is -0.378 e. The molecule has 2 heterocycles. The number of ether oxygens (including phenoxy) is 1. The van der Waals surface area contributed by atoms with Crippen molar-refractivity contribution in [1.82, 2.24) is 4.90 Å². The van der Waals surface area contributed by atoms with Gasteiger partial charge in [-0.1, -0.05) is 50.2 Å². The van der Waals surface area contributed by atoms with Crippen LogP contribution in [0.3, 0.4) is 0 Å². The van der Waals surface area contributed by atoms with Crippen molar-refractivity contribution < 1.29 is 9.30 Å². The van der Waals surface area contributed by atoms with Crippen LogP contribution >= 0.6 is 7.44 Å². The maximum atomic E-state index is 14.9. The highest BCUT2D eigenvalue weighted by Gasteiger charge is 2.50. The lowest BCUT2D eigenvalue weighted by Gasteiger charge is -2.40. The summed E-state index contributed by atoms with van der Waals surface area (Å²) in [6.07, 6.45) is 1.68. The first-order chi connectivity index (χ1) is 15.0. The molecule has 1 atom stereocenters. The first-order valence-corrected chi connectivity index (χ1v) is 12.6. The molecule has 0 amide bonds. The molecule has 0 radical (unpaired) electrons. The lowest BCUT2D eigenvalue weighted by atomic mass is 9.78. The standard InChI is InChI=1S/C24H29N4O2P/c1-24(2)17-21-23(22(18-24)27-13-15-30-16-14-27)31(29,26-19-9-5-3-6-10-19)28(25-21)20-11-7-4-8-12-20/h3-12H,13-18H2,1-2H3,(H,26,29). The molecular weight excluding hydrogens is 407 g/mol. The number of hydrogen-bond donors (Lipinski definition) is 1. The summed E-state index contributed by atoms with van der Waals surface area (Å²) >= 11 is 0. The number of hydrazone groups is 1. The normalized spacial score (nSPS) is 25.3. The van der Waals surface area contributed by atoms with E-state index in [9.17, 15) is 4.57 Å². The zero-order valence-corrected chi connectivity index (χ0v) is 19.0. The minimum atomic E-state index is -3.26. The molecule has 2 aromatic carbocycles. The molecule has 2 aliphatic heterocycles. The Morgan fingerprint density at radius 1 is 0.968 bits per heavy atom. The van der Waals surface area contributed by atoms with Gasteiger partial charge in [-0.15, -0.1) is 0 Å². The molecule has 0 bridgehead atoms. The smallest absolute Gasteiger partial charge is 0.313 e. The Labute approximate surface area is 184 Å². The van der Waals surface area contributed by atoms with Crippen LogP contribution in [-0.2, 0) is 9.30 Å². The monoisotopic (exact) mass is 436 g/mol. The van der Waals surface area contributed by atoms with Gasteiger partial charge in [-0.25, -0.2) is 0 Å². The van der Waals surface area contributed by atoms with Crippen molar-refractivity contribution in [2.24, 2.45) is 10.5 Å². The molecule has 1 unspecified atom stereocenters. The zero-order chi connectivity index (χ0) is 21.5. The summed E-state index contributed by atoms with van der Waals surface area (Å²) in [4.78, 5) is 2.36. The van der Waals surface area contributed by atoms with Gasteiger partial charge < -0.3 is 14.7 Å². The minimum absolute atomic E-state index is 0.0558. The molecule has 1 N–H and O–H groups in total. The quantitative estimate of drug-likeness (QED) is 0.639. The number of rotatable bonds is 4. The van der Waals surface area contributed by atoms with Crippen molar-refractivity contribution in [3.05, 3.63) is 71.7 Å². The third-order valence-corrected chi connectivity index (χ3v) is 8.60. The molecule has 162 valence electrons. The largest absolute Gasteiger partial charge is 0.378 e. The Balaban J connectivity index is 1.68. The summed E-state index contributed by atoms with van der Waals surface area (Å²) in [6, 6.07) is 19.6. The third kappa shape index (κ3) is 3.79. The third-order valence-electron chi connectivity index (χ3n) is 6.06. The van der Waals surface area contributed by atoms with E-state index in [1.165, 1.54) is 0 Å². The summed E-state index contributed by atoms with van der Waals surface area (Å²) in [5, 5.41) is 9.28. The molecule has 0 aromatic heterocycles. The fourth-order valence-electron chi connectivity index (χ4n) is 4.68. The Morgan fingerprint density at radius 2 is 1.61 bits per heavy atom. The van der Waals surface area contributed by atoms with Crippen LogP contribution in [0.15, 0.2) is 76.8 Å². The molecule has 3 aliphatic rings. The number of allylic oxidation sites excluding steroid dienone is 2. The van der Waals surface area contributed by atoms with Crippen molar-refractivity contribution in [1.29, 1.82) is 0 Å². The number of anilines is 2. The molecular formula is C24H29N4O2P. The average molecular weight is 436 g/mol. The molecule has 7 heteroatoms. The maximum Gasteiger partial charge on any atom is 0.313 e. The first kappa shape index (κ1) is 20.3. The van der Waals surface area contributed by atoms with Crippen LogP contribution in [0.5, 0.6) is 0 Å². The summed E-state index contributed by atoms with van der Waals surface area (Å²) in [7, 11) is -3.26. The van der Waals surface area contributed by atoms with Gasteiger partial charge in [0.2, 0.25) is 0 Å². The van der Waals surface area contributed by atoms with Crippen LogP contribution in [0.1, 0.15) is 26.7 Å². The Morgan fingerprint density at radius 3 is 2.29 bits per heavy atom. The lowest BCUT2D eigenvalue weighted by Crippen LogP contribution is -2.40. The van der Waals surface area contributed by atoms with Gasteiger partial charge in [0.1, 0.15) is 0 Å². The van der Waals surface area contributed by atoms with Gasteiger partial charge in [-0.2, -0.15) is 9.88 Å². The molecule has 1 fully saturated rings. The maximum absolute atomic E-state index is 14.9. The number of para-hydroxylation sites is 2. The average Bonchev–Trinajstić information content (AvgIpc) is 3.06. The SMILES string of the molecule is CC1(C)CC2=NN(c3ccccc3)P(=O)(Nc3ccccc3)C2=C(N2CCOCC2)C1. The van der Waals surface area contributed by atoms with Crippen LogP contribution in [0.4, 0.5) is 11.4 Å². The van der Waals surface area contributed by atoms with Gasteiger partial charge in [0.05, 0.1) is 29.9 Å². The van der Waals surface area contributed by atoms with E-state index < -0.39 is 7.44 Å². The van der Waals surface area contributed by atoms with Crippen molar-refractivity contribution >= 4 is 24.5 Å². The number of nitrogens with zero attached hydrogens (tertiary/aromatic N) is 3. The van der Waals surface area contributed by atoms with E-state index >= 15 is 0 Å². The highest BCUT2D eigenvalue weighted by molar-refractivity contribution is 7.73. The van der Waals surface area contributed by atoms with E-state index in [0.717, 1.165) is 54.0 Å². The van der Waals surface area contributed by atoms with Crippen LogP contribution in [0, 0.1) is 5.41 Å². The van der Waals surface area contributed by atoms with Crippen LogP contribution in [-0.4, -0.2) is 36.9 Å². The Kier molecular flexibility index (Phi) is 5.15. The Bertz CT molecular complexity index is 1060. The highest BCUT2D eigenvalue weighted by Crippen LogP contribution is 2.66. The fourth-order valence-corrected chi connectivity index (χ4v) is 7.31. The number of nitrogens with one attached hydrogen (secondary N) is 1. The number of morpholine rings is 1. The number of hydrogen-bond acceptors (Lipinski definition) is 4. The van der Waals surface area contributed by atoms with Crippen molar-refractivity contribution in [3.63, 3.8) is 0 Å². The van der Waals surface area contributed by atoms with E-state index in [-0.39, 0.29) is 5.41 Å². The van der Waals surface area contributed by atoms with Crippen LogP contribution in [0.2, 0.25) is 0 Å². The van der Waals surface area contributed by atoms with E-state index in [1.54, 1.807) is 4.78 Å². The molecule has 0 spiro atoms. The number of fused-ring (bicyclic) bond motifs is 1. The highest BCUT2D eigenvalue weighted by atomic mass is 31.2. The molecule has 31 heavy (non-hydrogen) atoms. The molecule has 6 nitrogen and oxygen atoms in total. The number of benzene rings is 2. The first-order valence-electron chi connectivity index (χ1n) is 10.9. The van der Waals surface area contributed by atoms with Gasteiger partial charge in [-0.3, -0.25) is 4.57 Å². The van der Waals surface area contributed by atoms with Crippen molar-refractivity contribution in [3.8, 4) is 0 Å². The predicted octanol–water partition coefficient (Wildman–Crippen LogP) is 5.53.